The molecule has 3 nitrogen and oxygen atoms in total. The summed E-state index contributed by atoms with van der Waals surface area (Å²) in [5.41, 5.74) is 7.24. The number of H-pyrrole nitrogens is 1. The van der Waals surface area contributed by atoms with Crippen LogP contribution in [0.1, 0.15) is 11.3 Å². The minimum Gasteiger partial charge on any atom is -0.358 e. The molecule has 0 bridgehead atoms. The Labute approximate surface area is 76.9 Å². The zero-order valence-corrected chi connectivity index (χ0v) is 7.81. The number of hydrogen-bond donors (Lipinski definition) is 3. The third-order valence-corrected chi connectivity index (χ3v) is 2.47. The Morgan fingerprint density at radius 3 is 2.77 bits per heavy atom. The molecular formula is C10H13N3. The average Bonchev–Trinajstić information content (AvgIpc) is 2.43. The Morgan fingerprint density at radius 2 is 2.08 bits per heavy atom. The molecule has 0 aliphatic heterocycles. The number of hydrogen-bond acceptors (Lipinski definition) is 2. The molecule has 0 amide bonds. The Hall–Kier alpha value is -1.48. The summed E-state index contributed by atoms with van der Waals surface area (Å²) in [6, 6.07) is 6.04. The van der Waals surface area contributed by atoms with Gasteiger partial charge in [0.05, 0.1) is 0 Å². The Balaban J connectivity index is 2.75. The van der Waals surface area contributed by atoms with Gasteiger partial charge < -0.3 is 10.4 Å². The fraction of sp³-hybridized carbons (Fsp3) is 0.200. The number of fused-ring (bicyclic) bond motifs is 1. The van der Waals surface area contributed by atoms with Crippen molar-refractivity contribution in [3.8, 4) is 0 Å². The Kier molecular flexibility index (Phi) is 1.74. The molecule has 0 spiro atoms. The van der Waals surface area contributed by atoms with E-state index in [1.807, 2.05) is 18.2 Å². The fourth-order valence-corrected chi connectivity index (χ4v) is 1.55. The van der Waals surface area contributed by atoms with Gasteiger partial charge in [-0.15, -0.1) is 0 Å². The van der Waals surface area contributed by atoms with E-state index in [0.717, 1.165) is 11.2 Å². The number of benzene rings is 1. The predicted molar refractivity (Wildman–Crippen MR) is 55.6 cm³/mol. The van der Waals surface area contributed by atoms with E-state index in [1.54, 1.807) is 0 Å². The van der Waals surface area contributed by atoms with Gasteiger partial charge in [-0.05, 0) is 37.6 Å². The molecule has 0 saturated heterocycles. The summed E-state index contributed by atoms with van der Waals surface area (Å²) >= 11 is 0. The van der Waals surface area contributed by atoms with Crippen LogP contribution >= 0.6 is 0 Å². The molecule has 0 unspecified atom stereocenters. The zero-order valence-electron chi connectivity index (χ0n) is 7.81. The van der Waals surface area contributed by atoms with Crippen LogP contribution in [0.5, 0.6) is 0 Å². The molecule has 3 heteroatoms. The van der Waals surface area contributed by atoms with Crippen molar-refractivity contribution in [2.75, 3.05) is 5.43 Å². The summed E-state index contributed by atoms with van der Waals surface area (Å²) in [4.78, 5) is 3.31. The van der Waals surface area contributed by atoms with Crippen molar-refractivity contribution in [2.45, 2.75) is 13.8 Å². The number of nitrogen functional groups attached to an aromatic ring is 1. The lowest BCUT2D eigenvalue weighted by atomic mass is 10.1. The lowest BCUT2D eigenvalue weighted by Gasteiger charge is -1.99. The normalized spacial score (nSPS) is 10.7. The average molecular weight is 175 g/mol. The van der Waals surface area contributed by atoms with Crippen molar-refractivity contribution in [2.24, 2.45) is 5.84 Å². The van der Waals surface area contributed by atoms with E-state index in [0.29, 0.717) is 0 Å². The molecule has 0 atom stereocenters. The van der Waals surface area contributed by atoms with Gasteiger partial charge in [0.1, 0.15) is 0 Å². The molecule has 0 aliphatic rings. The predicted octanol–water partition coefficient (Wildman–Crippen LogP) is 2.07. The Morgan fingerprint density at radius 1 is 1.31 bits per heavy atom. The first-order valence-corrected chi connectivity index (χ1v) is 4.28. The topological polar surface area (TPSA) is 53.8 Å². The summed E-state index contributed by atoms with van der Waals surface area (Å²) in [7, 11) is 0. The molecule has 1 heterocycles. The standard InChI is InChI=1S/C10H13N3/c1-6-7(2)12-10-4-3-8(13-11)5-9(6)10/h3-5,12-13H,11H2,1-2H3. The maximum atomic E-state index is 5.34. The molecule has 1 aromatic carbocycles. The molecule has 68 valence electrons. The SMILES string of the molecule is Cc1[nH]c2ccc(NN)cc2c1C. The van der Waals surface area contributed by atoms with Crippen LogP contribution in [0.4, 0.5) is 5.69 Å². The van der Waals surface area contributed by atoms with E-state index in [-0.39, 0.29) is 0 Å². The highest BCUT2D eigenvalue weighted by Gasteiger charge is 2.03. The van der Waals surface area contributed by atoms with Crippen LogP contribution in [-0.4, -0.2) is 4.98 Å². The van der Waals surface area contributed by atoms with Gasteiger partial charge in [0, 0.05) is 22.3 Å². The number of nitrogens with two attached hydrogens (primary N) is 1. The number of anilines is 1. The number of aromatic amines is 1. The van der Waals surface area contributed by atoms with E-state index < -0.39 is 0 Å². The summed E-state index contributed by atoms with van der Waals surface area (Å²) in [5, 5.41) is 1.23. The highest BCUT2D eigenvalue weighted by Crippen LogP contribution is 2.23. The third-order valence-electron chi connectivity index (χ3n) is 2.47. The van der Waals surface area contributed by atoms with Gasteiger partial charge in [0.15, 0.2) is 0 Å². The second-order valence-electron chi connectivity index (χ2n) is 3.28. The lowest BCUT2D eigenvalue weighted by Crippen LogP contribution is -2.05. The summed E-state index contributed by atoms with van der Waals surface area (Å²) in [5.74, 6) is 5.34. The molecule has 0 fully saturated rings. The molecule has 0 aliphatic carbocycles. The van der Waals surface area contributed by atoms with Gasteiger partial charge in [-0.2, -0.15) is 0 Å². The van der Waals surface area contributed by atoms with E-state index in [2.05, 4.69) is 24.3 Å². The largest absolute Gasteiger partial charge is 0.358 e. The summed E-state index contributed by atoms with van der Waals surface area (Å²) in [6.45, 7) is 4.18. The van der Waals surface area contributed by atoms with Crippen molar-refractivity contribution in [1.29, 1.82) is 0 Å². The van der Waals surface area contributed by atoms with Crippen LogP contribution < -0.4 is 11.3 Å². The zero-order chi connectivity index (χ0) is 9.42. The molecule has 2 aromatic rings. The molecule has 4 N–H and O–H groups in total. The third kappa shape index (κ3) is 1.17. The van der Waals surface area contributed by atoms with Crippen LogP contribution in [0.25, 0.3) is 10.9 Å². The van der Waals surface area contributed by atoms with Crippen molar-refractivity contribution < 1.29 is 0 Å². The minimum absolute atomic E-state index is 0.939. The van der Waals surface area contributed by atoms with E-state index in [9.17, 15) is 0 Å². The van der Waals surface area contributed by atoms with Crippen LogP contribution in [0.2, 0.25) is 0 Å². The summed E-state index contributed by atoms with van der Waals surface area (Å²) < 4.78 is 0. The number of aromatic nitrogens is 1. The van der Waals surface area contributed by atoms with Gasteiger partial charge in [-0.25, -0.2) is 0 Å². The Bertz CT molecular complexity index is 443. The monoisotopic (exact) mass is 175 g/mol. The van der Waals surface area contributed by atoms with Gasteiger partial charge in [-0.1, -0.05) is 0 Å². The molecular weight excluding hydrogens is 162 g/mol. The minimum atomic E-state index is 0.939. The van der Waals surface area contributed by atoms with Crippen LogP contribution in [-0.2, 0) is 0 Å². The van der Waals surface area contributed by atoms with Gasteiger partial charge in [0.25, 0.3) is 0 Å². The fourth-order valence-electron chi connectivity index (χ4n) is 1.55. The number of nitrogens with one attached hydrogen (secondary N) is 2. The maximum absolute atomic E-state index is 5.34. The van der Waals surface area contributed by atoms with Crippen molar-refractivity contribution in [1.82, 2.24) is 4.98 Å². The first kappa shape index (κ1) is 8.13. The first-order chi connectivity index (χ1) is 6.22. The first-order valence-electron chi connectivity index (χ1n) is 4.28. The quantitative estimate of drug-likeness (QED) is 0.459. The van der Waals surface area contributed by atoms with Crippen LogP contribution in [0.3, 0.4) is 0 Å². The van der Waals surface area contributed by atoms with Gasteiger partial charge >= 0.3 is 0 Å². The van der Waals surface area contributed by atoms with Crippen molar-refractivity contribution in [3.63, 3.8) is 0 Å². The molecule has 1 aromatic heterocycles. The molecule has 0 radical (unpaired) electrons. The second-order valence-corrected chi connectivity index (χ2v) is 3.28. The van der Waals surface area contributed by atoms with Gasteiger partial charge in [-0.3, -0.25) is 5.84 Å². The van der Waals surface area contributed by atoms with Crippen LogP contribution in [0.15, 0.2) is 18.2 Å². The smallest absolute Gasteiger partial charge is 0.0492 e. The van der Waals surface area contributed by atoms with E-state index in [1.165, 1.54) is 16.6 Å². The summed E-state index contributed by atoms with van der Waals surface area (Å²) in [6.07, 6.45) is 0. The second kappa shape index (κ2) is 2.78. The highest BCUT2D eigenvalue weighted by atomic mass is 15.2. The lowest BCUT2D eigenvalue weighted by molar-refractivity contribution is 1.25. The van der Waals surface area contributed by atoms with Gasteiger partial charge in [0.2, 0.25) is 0 Å². The number of aryl methyl sites for hydroxylation is 2. The van der Waals surface area contributed by atoms with Crippen LogP contribution in [0, 0.1) is 13.8 Å². The molecule has 2 rings (SSSR count). The van der Waals surface area contributed by atoms with Crippen molar-refractivity contribution in [3.05, 3.63) is 29.5 Å². The number of rotatable bonds is 1. The molecule has 13 heavy (non-hydrogen) atoms. The highest BCUT2D eigenvalue weighted by molar-refractivity contribution is 5.87. The molecule has 0 saturated carbocycles. The van der Waals surface area contributed by atoms with Crippen molar-refractivity contribution >= 4 is 16.6 Å². The van der Waals surface area contributed by atoms with E-state index in [4.69, 9.17) is 5.84 Å². The maximum Gasteiger partial charge on any atom is 0.0492 e. The number of hydrazine groups is 1. The van der Waals surface area contributed by atoms with E-state index >= 15 is 0 Å².